The first kappa shape index (κ1) is 20.2. The number of pyridine rings is 2. The first-order valence-electron chi connectivity index (χ1n) is 7.11. The number of aliphatic hydroxyl groups is 1. The molecule has 2 aromatic heterocycles. The van der Waals surface area contributed by atoms with Crippen LogP contribution in [0.4, 0.5) is 11.4 Å². The molecule has 0 spiro atoms. The van der Waals surface area contributed by atoms with E-state index in [1.54, 1.807) is 20.3 Å². The summed E-state index contributed by atoms with van der Waals surface area (Å²) in [6, 6.07) is 0. The zero-order chi connectivity index (χ0) is 18.3. The van der Waals surface area contributed by atoms with Crippen LogP contribution in [-0.2, 0) is 6.61 Å². The van der Waals surface area contributed by atoms with Gasteiger partial charge in [0.25, 0.3) is 0 Å². The van der Waals surface area contributed by atoms with E-state index in [-0.39, 0.29) is 6.61 Å². The quantitative estimate of drug-likeness (QED) is 0.564. The summed E-state index contributed by atoms with van der Waals surface area (Å²) in [5.74, 6) is 0. The molecule has 0 aliphatic heterocycles. The lowest BCUT2D eigenvalue weighted by atomic mass is 10.1. The Morgan fingerprint density at radius 2 is 1.54 bits per heavy atom. The maximum atomic E-state index is 10.5. The molecule has 6 nitrogen and oxygen atoms in total. The van der Waals surface area contributed by atoms with Crippen molar-refractivity contribution < 1.29 is 9.90 Å². The summed E-state index contributed by atoms with van der Waals surface area (Å²) in [5.41, 5.74) is 4.55. The number of halogens is 2. The van der Waals surface area contributed by atoms with Crippen LogP contribution >= 0.6 is 23.2 Å². The number of rotatable bonds is 4. The maximum Gasteiger partial charge on any atom is 0.153 e. The maximum absolute atomic E-state index is 10.5. The van der Waals surface area contributed by atoms with Crippen molar-refractivity contribution in [3.05, 3.63) is 45.0 Å². The number of aldehydes is 1. The van der Waals surface area contributed by atoms with Crippen LogP contribution in [0.3, 0.4) is 0 Å². The summed E-state index contributed by atoms with van der Waals surface area (Å²) in [6.07, 6.45) is 3.78. The predicted molar refractivity (Wildman–Crippen MR) is 98.4 cm³/mol. The molecule has 24 heavy (non-hydrogen) atoms. The van der Waals surface area contributed by atoms with Gasteiger partial charge in [0, 0.05) is 48.9 Å². The lowest BCUT2D eigenvalue weighted by molar-refractivity contribution is 0.112. The van der Waals surface area contributed by atoms with Crippen molar-refractivity contribution in [2.45, 2.75) is 20.5 Å². The molecule has 8 heteroatoms. The molecular weight excluding hydrogens is 351 g/mol. The van der Waals surface area contributed by atoms with Crippen LogP contribution < -0.4 is 10.6 Å². The second kappa shape index (κ2) is 9.42. The number of hydrogen-bond acceptors (Lipinski definition) is 6. The molecule has 0 aliphatic carbocycles. The topological polar surface area (TPSA) is 87.1 Å². The second-order valence-electron chi connectivity index (χ2n) is 4.85. The molecule has 0 aliphatic rings. The highest BCUT2D eigenvalue weighted by Gasteiger charge is 2.08. The van der Waals surface area contributed by atoms with Gasteiger partial charge in [-0.3, -0.25) is 4.79 Å². The van der Waals surface area contributed by atoms with Crippen LogP contribution in [0.5, 0.6) is 0 Å². The Morgan fingerprint density at radius 3 is 2.00 bits per heavy atom. The number of nitrogens with zero attached hydrogens (tertiary/aromatic N) is 2. The molecular formula is C16H20Cl2N4O2. The van der Waals surface area contributed by atoms with E-state index in [2.05, 4.69) is 20.6 Å². The van der Waals surface area contributed by atoms with Gasteiger partial charge in [0.2, 0.25) is 0 Å². The average molecular weight is 371 g/mol. The van der Waals surface area contributed by atoms with Gasteiger partial charge in [0.1, 0.15) is 10.3 Å². The summed E-state index contributed by atoms with van der Waals surface area (Å²) in [4.78, 5) is 18.3. The van der Waals surface area contributed by atoms with Crippen LogP contribution in [0.15, 0.2) is 12.4 Å². The third-order valence-corrected chi connectivity index (χ3v) is 4.19. The largest absolute Gasteiger partial charge is 0.392 e. The van der Waals surface area contributed by atoms with Gasteiger partial charge in [-0.2, -0.15) is 0 Å². The molecule has 3 N–H and O–H groups in total. The van der Waals surface area contributed by atoms with Gasteiger partial charge >= 0.3 is 0 Å². The minimum absolute atomic E-state index is 0.0266. The van der Waals surface area contributed by atoms with E-state index in [9.17, 15) is 4.79 Å². The number of aliphatic hydroxyl groups excluding tert-OH is 1. The lowest BCUT2D eigenvalue weighted by Gasteiger charge is -2.10. The Bertz CT molecular complexity index is 724. The van der Waals surface area contributed by atoms with E-state index < -0.39 is 0 Å². The molecule has 130 valence electrons. The minimum atomic E-state index is -0.0266. The minimum Gasteiger partial charge on any atom is -0.392 e. The van der Waals surface area contributed by atoms with Crippen LogP contribution in [0.1, 0.15) is 27.0 Å². The van der Waals surface area contributed by atoms with E-state index >= 15 is 0 Å². The van der Waals surface area contributed by atoms with Gasteiger partial charge in [0.15, 0.2) is 6.29 Å². The Kier molecular flexibility index (Phi) is 7.91. The summed E-state index contributed by atoms with van der Waals surface area (Å²) < 4.78 is 0. The first-order chi connectivity index (χ1) is 11.4. The molecule has 2 rings (SSSR count). The first-order valence-corrected chi connectivity index (χ1v) is 7.87. The normalized spacial score (nSPS) is 9.79. The van der Waals surface area contributed by atoms with E-state index in [1.165, 1.54) is 6.20 Å². The van der Waals surface area contributed by atoms with Gasteiger partial charge in [0.05, 0.1) is 17.9 Å². The molecule has 0 saturated carbocycles. The Hall–Kier alpha value is -1.89. The molecule has 0 saturated heterocycles. The zero-order valence-electron chi connectivity index (χ0n) is 13.9. The molecule has 2 heterocycles. The van der Waals surface area contributed by atoms with Gasteiger partial charge in [-0.05, 0) is 13.8 Å². The Labute approximate surface area is 151 Å². The average Bonchev–Trinajstić information content (AvgIpc) is 2.59. The molecule has 0 atom stereocenters. The third kappa shape index (κ3) is 4.56. The Morgan fingerprint density at radius 1 is 1.04 bits per heavy atom. The summed E-state index contributed by atoms with van der Waals surface area (Å²) >= 11 is 11.5. The standard InChI is InChI=1S/C8H11ClN2O.C8H9ClN2O/c2*1-5-7(10-2)6(4-12)3-11-8(5)9/h3,12H,4H2,1-2H3,(H,10,11);3-4H,1-2H3,(H,10,11). The van der Waals surface area contributed by atoms with Crippen LogP contribution in [0.25, 0.3) is 0 Å². The van der Waals surface area contributed by atoms with E-state index in [1.807, 2.05) is 13.8 Å². The second-order valence-corrected chi connectivity index (χ2v) is 5.57. The van der Waals surface area contributed by atoms with Crippen LogP contribution in [0.2, 0.25) is 10.3 Å². The van der Waals surface area contributed by atoms with Crippen molar-refractivity contribution in [3.8, 4) is 0 Å². The fourth-order valence-corrected chi connectivity index (χ4v) is 2.42. The lowest BCUT2D eigenvalue weighted by Crippen LogP contribution is -2.00. The van der Waals surface area contributed by atoms with Gasteiger partial charge < -0.3 is 15.7 Å². The summed E-state index contributed by atoms with van der Waals surface area (Å²) in [7, 11) is 3.53. The van der Waals surface area contributed by atoms with Gasteiger partial charge in [-0.15, -0.1) is 0 Å². The molecule has 2 aromatic rings. The zero-order valence-corrected chi connectivity index (χ0v) is 15.5. The number of aromatic nitrogens is 2. The van der Waals surface area contributed by atoms with Crippen LogP contribution in [-0.4, -0.2) is 35.5 Å². The van der Waals surface area contributed by atoms with Crippen molar-refractivity contribution >= 4 is 40.9 Å². The fraction of sp³-hybridized carbons (Fsp3) is 0.312. The number of carbonyl (C=O) groups is 1. The Balaban J connectivity index is 0.000000240. The number of anilines is 2. The number of carbonyl (C=O) groups excluding carboxylic acids is 1. The van der Waals surface area contributed by atoms with Crippen molar-refractivity contribution in [1.82, 2.24) is 9.97 Å². The van der Waals surface area contributed by atoms with Crippen molar-refractivity contribution in [3.63, 3.8) is 0 Å². The van der Waals surface area contributed by atoms with Gasteiger partial charge in [-0.1, -0.05) is 23.2 Å². The fourth-order valence-electron chi connectivity index (χ4n) is 2.14. The summed E-state index contributed by atoms with van der Waals surface area (Å²) in [5, 5.41) is 15.7. The van der Waals surface area contributed by atoms with Gasteiger partial charge in [-0.25, -0.2) is 9.97 Å². The van der Waals surface area contributed by atoms with E-state index in [4.69, 9.17) is 28.3 Å². The molecule has 0 fully saturated rings. The molecule has 0 amide bonds. The summed E-state index contributed by atoms with van der Waals surface area (Å²) in [6.45, 7) is 3.65. The molecule has 0 unspecified atom stereocenters. The third-order valence-electron chi connectivity index (χ3n) is 3.43. The smallest absolute Gasteiger partial charge is 0.153 e. The molecule has 0 bridgehead atoms. The highest BCUT2D eigenvalue weighted by molar-refractivity contribution is 6.30. The van der Waals surface area contributed by atoms with E-state index in [0.29, 0.717) is 15.9 Å². The van der Waals surface area contributed by atoms with Crippen molar-refractivity contribution in [1.29, 1.82) is 0 Å². The van der Waals surface area contributed by atoms with Crippen LogP contribution in [0, 0.1) is 13.8 Å². The number of nitrogens with one attached hydrogen (secondary N) is 2. The monoisotopic (exact) mass is 370 g/mol. The molecule has 0 aromatic carbocycles. The van der Waals surface area contributed by atoms with Crippen molar-refractivity contribution in [2.75, 3.05) is 24.7 Å². The molecule has 0 radical (unpaired) electrons. The highest BCUT2D eigenvalue weighted by atomic mass is 35.5. The van der Waals surface area contributed by atoms with E-state index in [0.717, 1.165) is 34.4 Å². The highest BCUT2D eigenvalue weighted by Crippen LogP contribution is 2.25. The predicted octanol–water partition coefficient (Wildman–Crippen LogP) is 3.48. The SMILES string of the molecule is CNc1c(C=O)cnc(Cl)c1C.CNc1c(CO)cnc(Cl)c1C. The number of hydrogen-bond donors (Lipinski definition) is 3. The van der Waals surface area contributed by atoms with Crippen molar-refractivity contribution in [2.24, 2.45) is 0 Å².